The summed E-state index contributed by atoms with van der Waals surface area (Å²) in [6.45, 7) is 1.67. The summed E-state index contributed by atoms with van der Waals surface area (Å²) in [7, 11) is -3.32. The molecule has 0 bridgehead atoms. The fourth-order valence-corrected chi connectivity index (χ4v) is 4.81. The third-order valence-electron chi connectivity index (χ3n) is 4.10. The van der Waals surface area contributed by atoms with Gasteiger partial charge in [0.2, 0.25) is 0 Å². The van der Waals surface area contributed by atoms with Crippen LogP contribution < -0.4 is 0 Å². The first-order chi connectivity index (χ1) is 12.8. The van der Waals surface area contributed by atoms with Crippen molar-refractivity contribution in [3.8, 4) is 0 Å². The Kier molecular flexibility index (Phi) is 5.76. The van der Waals surface area contributed by atoms with Gasteiger partial charge in [0, 0.05) is 16.8 Å². The largest absolute Gasteiger partial charge is 0.451 e. The third kappa shape index (κ3) is 5.05. The maximum atomic E-state index is 12.7. The third-order valence-corrected chi connectivity index (χ3v) is 6.45. The monoisotopic (exact) mass is 405 g/mol. The molecule has 0 aliphatic carbocycles. The Bertz CT molecular complexity index is 963. The summed E-state index contributed by atoms with van der Waals surface area (Å²) in [6, 6.07) is 12.1. The van der Waals surface area contributed by atoms with Crippen molar-refractivity contribution in [3.63, 3.8) is 0 Å². The summed E-state index contributed by atoms with van der Waals surface area (Å²) in [5, 5.41) is 1.13. The van der Waals surface area contributed by atoms with E-state index in [4.69, 9.17) is 4.74 Å². The molecule has 1 aromatic carbocycles. The molecule has 0 radical (unpaired) electrons. The first-order valence-electron chi connectivity index (χ1n) is 8.32. The molecule has 0 N–H and O–H groups in total. The molecule has 0 saturated carbocycles. The zero-order valence-corrected chi connectivity index (χ0v) is 16.3. The fraction of sp³-hybridized carbons (Fsp3) is 0.263. The average molecular weight is 405 g/mol. The highest BCUT2D eigenvalue weighted by atomic mass is 32.2. The molecule has 1 aliphatic heterocycles. The van der Waals surface area contributed by atoms with Crippen molar-refractivity contribution in [2.75, 3.05) is 12.4 Å². The molecule has 0 unspecified atom stereocenters. The van der Waals surface area contributed by atoms with Crippen LogP contribution in [0.25, 0.3) is 0 Å². The normalized spacial score (nSPS) is 17.6. The Morgan fingerprint density at radius 2 is 1.93 bits per heavy atom. The summed E-state index contributed by atoms with van der Waals surface area (Å²) in [5.74, 6) is -1.16. The highest BCUT2D eigenvalue weighted by molar-refractivity contribution is 7.94. The molecule has 8 heteroatoms. The van der Waals surface area contributed by atoms with Crippen LogP contribution in [-0.4, -0.2) is 43.6 Å². The molecule has 0 fully saturated rings. The SMILES string of the molecule is Cc1ccc(C(=O)OCC(=O)N(Cc2ccccc2)[C@@H]2C=CS(=O)(=O)C2)s1. The zero-order valence-electron chi connectivity index (χ0n) is 14.7. The van der Waals surface area contributed by atoms with E-state index in [-0.39, 0.29) is 12.3 Å². The minimum absolute atomic E-state index is 0.163. The number of carbonyl (C=O) groups excluding carboxylic acids is 2. The van der Waals surface area contributed by atoms with Gasteiger partial charge in [-0.1, -0.05) is 30.3 Å². The van der Waals surface area contributed by atoms with E-state index in [0.717, 1.165) is 15.8 Å². The average Bonchev–Trinajstić information content (AvgIpc) is 3.23. The first kappa shape index (κ1) is 19.3. The molecule has 1 atom stereocenters. The molecule has 3 rings (SSSR count). The second-order valence-corrected chi connectivity index (χ2v) is 9.44. The van der Waals surface area contributed by atoms with Crippen LogP contribution in [0.1, 0.15) is 20.1 Å². The Balaban J connectivity index is 1.70. The summed E-state index contributed by atoms with van der Waals surface area (Å²) in [4.78, 5) is 27.6. The summed E-state index contributed by atoms with van der Waals surface area (Å²) >= 11 is 1.29. The van der Waals surface area contributed by atoms with Crippen LogP contribution in [0.2, 0.25) is 0 Å². The van der Waals surface area contributed by atoms with Crippen LogP contribution in [0.3, 0.4) is 0 Å². The minimum Gasteiger partial charge on any atom is -0.451 e. The molecular weight excluding hydrogens is 386 g/mol. The van der Waals surface area contributed by atoms with E-state index in [2.05, 4.69) is 0 Å². The van der Waals surface area contributed by atoms with Gasteiger partial charge >= 0.3 is 5.97 Å². The van der Waals surface area contributed by atoms with Crippen molar-refractivity contribution in [1.82, 2.24) is 4.90 Å². The van der Waals surface area contributed by atoms with Gasteiger partial charge in [0.1, 0.15) is 4.88 Å². The molecule has 0 saturated heterocycles. The molecular formula is C19H19NO5S2. The number of nitrogens with zero attached hydrogens (tertiary/aromatic N) is 1. The van der Waals surface area contributed by atoms with E-state index in [1.165, 1.54) is 22.3 Å². The van der Waals surface area contributed by atoms with Gasteiger partial charge in [0.15, 0.2) is 16.4 Å². The number of thiophene rings is 1. The molecule has 2 aromatic rings. The Labute approximate surface area is 162 Å². The topological polar surface area (TPSA) is 80.8 Å². The van der Waals surface area contributed by atoms with E-state index in [1.807, 2.05) is 37.3 Å². The van der Waals surface area contributed by atoms with Crippen molar-refractivity contribution < 1.29 is 22.7 Å². The maximum Gasteiger partial charge on any atom is 0.348 e. The number of carbonyl (C=O) groups is 2. The van der Waals surface area contributed by atoms with E-state index in [0.29, 0.717) is 4.88 Å². The van der Waals surface area contributed by atoms with Crippen LogP contribution in [-0.2, 0) is 25.9 Å². The van der Waals surface area contributed by atoms with Gasteiger partial charge in [-0.15, -0.1) is 11.3 Å². The van der Waals surface area contributed by atoms with Gasteiger partial charge in [0.25, 0.3) is 5.91 Å². The molecule has 27 heavy (non-hydrogen) atoms. The number of sulfone groups is 1. The highest BCUT2D eigenvalue weighted by Gasteiger charge is 2.31. The number of amides is 1. The molecule has 1 aromatic heterocycles. The lowest BCUT2D eigenvalue weighted by molar-refractivity contribution is -0.136. The number of benzene rings is 1. The van der Waals surface area contributed by atoms with Crippen molar-refractivity contribution >= 4 is 33.1 Å². The predicted octanol–water partition coefficient (Wildman–Crippen LogP) is 2.55. The van der Waals surface area contributed by atoms with Crippen molar-refractivity contribution in [2.45, 2.75) is 19.5 Å². The quantitative estimate of drug-likeness (QED) is 0.690. The van der Waals surface area contributed by atoms with Crippen molar-refractivity contribution in [3.05, 3.63) is 69.3 Å². The Morgan fingerprint density at radius 3 is 2.52 bits per heavy atom. The lowest BCUT2D eigenvalue weighted by atomic mass is 10.2. The number of hydrogen-bond donors (Lipinski definition) is 0. The van der Waals surface area contributed by atoms with E-state index in [1.54, 1.807) is 12.1 Å². The molecule has 2 heterocycles. The van der Waals surface area contributed by atoms with Crippen LogP contribution in [0.5, 0.6) is 0 Å². The van der Waals surface area contributed by atoms with Crippen LogP contribution >= 0.6 is 11.3 Å². The first-order valence-corrected chi connectivity index (χ1v) is 10.9. The van der Waals surface area contributed by atoms with Gasteiger partial charge in [-0.2, -0.15) is 0 Å². The van der Waals surface area contributed by atoms with Crippen LogP contribution in [0.4, 0.5) is 0 Å². The van der Waals surface area contributed by atoms with Crippen LogP contribution in [0.15, 0.2) is 53.9 Å². The van der Waals surface area contributed by atoms with Gasteiger partial charge < -0.3 is 9.64 Å². The summed E-state index contributed by atoms with van der Waals surface area (Å²) in [6.07, 6.45) is 1.50. The predicted molar refractivity (Wildman–Crippen MR) is 103 cm³/mol. The van der Waals surface area contributed by atoms with E-state index in [9.17, 15) is 18.0 Å². The molecule has 1 aliphatic rings. The number of aryl methyl sites for hydroxylation is 1. The van der Waals surface area contributed by atoms with Gasteiger partial charge in [-0.25, -0.2) is 13.2 Å². The fourth-order valence-electron chi connectivity index (χ4n) is 2.75. The van der Waals surface area contributed by atoms with Gasteiger partial charge in [0.05, 0.1) is 11.8 Å². The molecule has 142 valence electrons. The van der Waals surface area contributed by atoms with E-state index >= 15 is 0 Å². The standard InChI is InChI=1S/C19H19NO5S2/c1-14-7-8-17(26-14)19(22)25-12-18(21)20(11-15-5-3-2-4-6-15)16-9-10-27(23,24)13-16/h2-10,16H,11-13H2,1H3/t16-/m1/s1. The Morgan fingerprint density at radius 1 is 1.19 bits per heavy atom. The highest BCUT2D eigenvalue weighted by Crippen LogP contribution is 2.19. The Hall–Kier alpha value is -2.45. The molecule has 1 amide bonds. The van der Waals surface area contributed by atoms with Crippen molar-refractivity contribution in [1.29, 1.82) is 0 Å². The number of esters is 1. The maximum absolute atomic E-state index is 12.7. The molecule has 0 spiro atoms. The lowest BCUT2D eigenvalue weighted by Crippen LogP contribution is -2.42. The number of ether oxygens (including phenoxy) is 1. The van der Waals surface area contributed by atoms with Gasteiger partial charge in [-0.3, -0.25) is 4.79 Å². The second-order valence-electron chi connectivity index (χ2n) is 6.22. The minimum atomic E-state index is -3.32. The number of rotatable bonds is 6. The summed E-state index contributed by atoms with van der Waals surface area (Å²) < 4.78 is 28.7. The summed E-state index contributed by atoms with van der Waals surface area (Å²) in [5.41, 5.74) is 0.865. The smallest absolute Gasteiger partial charge is 0.348 e. The van der Waals surface area contributed by atoms with E-state index < -0.39 is 34.4 Å². The number of hydrogen-bond acceptors (Lipinski definition) is 6. The molecule has 6 nitrogen and oxygen atoms in total. The van der Waals surface area contributed by atoms with Crippen LogP contribution in [0, 0.1) is 6.92 Å². The zero-order chi connectivity index (χ0) is 19.4. The van der Waals surface area contributed by atoms with Gasteiger partial charge in [-0.05, 0) is 30.7 Å². The van der Waals surface area contributed by atoms with Crippen molar-refractivity contribution in [2.24, 2.45) is 0 Å². The second kappa shape index (κ2) is 8.06. The lowest BCUT2D eigenvalue weighted by Gasteiger charge is -2.27.